The summed E-state index contributed by atoms with van der Waals surface area (Å²) in [5.74, 6) is -1.27. The van der Waals surface area contributed by atoms with Gasteiger partial charge in [0.1, 0.15) is 11.6 Å². The van der Waals surface area contributed by atoms with E-state index in [1.807, 2.05) is 0 Å². The maximum absolute atomic E-state index is 13.3. The summed E-state index contributed by atoms with van der Waals surface area (Å²) in [6.07, 6.45) is 1.89. The Morgan fingerprint density at radius 2 is 2.18 bits per heavy atom. The van der Waals surface area contributed by atoms with Gasteiger partial charge in [-0.05, 0) is 18.9 Å². The van der Waals surface area contributed by atoms with Crippen LogP contribution < -0.4 is 4.74 Å². The largest absolute Gasteiger partial charge is 0.496 e. The van der Waals surface area contributed by atoms with Crippen LogP contribution in [0, 0.1) is 5.82 Å². The van der Waals surface area contributed by atoms with Gasteiger partial charge >= 0.3 is 5.97 Å². The number of carbonyl (C=O) groups is 1. The molecule has 0 unspecified atom stereocenters. The van der Waals surface area contributed by atoms with Gasteiger partial charge in [0.25, 0.3) is 0 Å². The zero-order chi connectivity index (χ0) is 12.6. The Morgan fingerprint density at radius 3 is 2.59 bits per heavy atom. The van der Waals surface area contributed by atoms with Crippen LogP contribution in [0.4, 0.5) is 4.39 Å². The van der Waals surface area contributed by atoms with Crippen LogP contribution >= 0.6 is 11.6 Å². The van der Waals surface area contributed by atoms with Gasteiger partial charge in [-0.25, -0.2) is 4.39 Å². The quantitative estimate of drug-likeness (QED) is 0.907. The number of carboxylic acid groups (broad SMARTS) is 1. The minimum absolute atomic E-state index is 0.0756. The number of carboxylic acids is 1. The zero-order valence-corrected chi connectivity index (χ0v) is 10.1. The SMILES string of the molecule is COc1cc(F)c(Cl)cc1C1(C(=O)O)CCC1. The van der Waals surface area contributed by atoms with E-state index in [9.17, 15) is 14.3 Å². The molecule has 0 aliphatic heterocycles. The van der Waals surface area contributed by atoms with Crippen LogP contribution in [0.2, 0.25) is 5.02 Å². The number of ether oxygens (including phenoxy) is 1. The number of methoxy groups -OCH3 is 1. The fourth-order valence-corrected chi connectivity index (χ4v) is 2.36. The molecule has 1 fully saturated rings. The van der Waals surface area contributed by atoms with Gasteiger partial charge in [0, 0.05) is 11.6 Å². The molecule has 0 atom stereocenters. The van der Waals surface area contributed by atoms with Crippen molar-refractivity contribution in [3.05, 3.63) is 28.5 Å². The smallest absolute Gasteiger partial charge is 0.314 e. The number of halogens is 2. The molecular formula is C12H12ClFO3. The summed E-state index contributed by atoms with van der Waals surface area (Å²) in [5, 5.41) is 9.25. The molecule has 0 bridgehead atoms. The minimum atomic E-state index is -0.970. The first-order valence-electron chi connectivity index (χ1n) is 5.28. The molecule has 0 heterocycles. The highest BCUT2D eigenvalue weighted by Gasteiger charge is 2.48. The van der Waals surface area contributed by atoms with Crippen LogP contribution in [0.3, 0.4) is 0 Å². The number of hydrogen-bond donors (Lipinski definition) is 1. The Kier molecular flexibility index (Phi) is 3.00. The van der Waals surface area contributed by atoms with E-state index in [-0.39, 0.29) is 10.8 Å². The van der Waals surface area contributed by atoms with Gasteiger partial charge in [-0.2, -0.15) is 0 Å². The first-order chi connectivity index (χ1) is 8.01. The van der Waals surface area contributed by atoms with Crippen LogP contribution in [-0.4, -0.2) is 18.2 Å². The maximum Gasteiger partial charge on any atom is 0.314 e. The fourth-order valence-electron chi connectivity index (χ4n) is 2.20. The summed E-state index contributed by atoms with van der Waals surface area (Å²) in [7, 11) is 1.39. The second-order valence-electron chi connectivity index (χ2n) is 4.21. The molecule has 3 nitrogen and oxygen atoms in total. The lowest BCUT2D eigenvalue weighted by Crippen LogP contribution is -2.42. The van der Waals surface area contributed by atoms with E-state index in [0.717, 1.165) is 12.5 Å². The van der Waals surface area contributed by atoms with Crippen LogP contribution in [0.25, 0.3) is 0 Å². The lowest BCUT2D eigenvalue weighted by atomic mass is 9.64. The molecule has 0 saturated heterocycles. The van der Waals surface area contributed by atoms with Crippen molar-refractivity contribution >= 4 is 17.6 Å². The Morgan fingerprint density at radius 1 is 1.53 bits per heavy atom. The number of aliphatic carboxylic acids is 1. The molecule has 0 spiro atoms. The molecule has 1 aromatic rings. The third-order valence-electron chi connectivity index (χ3n) is 3.37. The summed E-state index contributed by atoms with van der Waals surface area (Å²) in [6.45, 7) is 0. The Hall–Kier alpha value is -1.29. The van der Waals surface area contributed by atoms with Gasteiger partial charge < -0.3 is 9.84 Å². The van der Waals surface area contributed by atoms with Gasteiger partial charge in [0.15, 0.2) is 0 Å². The first-order valence-corrected chi connectivity index (χ1v) is 5.66. The van der Waals surface area contributed by atoms with Crippen LogP contribution in [-0.2, 0) is 10.2 Å². The Labute approximate surface area is 103 Å². The zero-order valence-electron chi connectivity index (χ0n) is 9.30. The van der Waals surface area contributed by atoms with Crippen molar-refractivity contribution in [2.75, 3.05) is 7.11 Å². The average Bonchev–Trinajstić information content (AvgIpc) is 2.20. The standard InChI is InChI=1S/C12H12ClFO3/c1-17-10-6-9(14)8(13)5-7(10)12(11(15)16)3-2-4-12/h5-6H,2-4H2,1H3,(H,15,16). The molecular weight excluding hydrogens is 247 g/mol. The van der Waals surface area contributed by atoms with Gasteiger partial charge in [-0.3, -0.25) is 4.79 Å². The monoisotopic (exact) mass is 258 g/mol. The molecule has 1 aliphatic carbocycles. The Balaban J connectivity index is 2.57. The van der Waals surface area contributed by atoms with Crippen molar-refractivity contribution in [2.24, 2.45) is 0 Å². The molecule has 2 rings (SSSR count). The predicted molar refractivity (Wildman–Crippen MR) is 61.1 cm³/mol. The van der Waals surface area contributed by atoms with E-state index in [2.05, 4.69) is 0 Å². The lowest BCUT2D eigenvalue weighted by molar-refractivity contribution is -0.147. The molecule has 1 saturated carbocycles. The lowest BCUT2D eigenvalue weighted by Gasteiger charge is -2.38. The van der Waals surface area contributed by atoms with E-state index < -0.39 is 17.2 Å². The van der Waals surface area contributed by atoms with E-state index in [1.165, 1.54) is 13.2 Å². The van der Waals surface area contributed by atoms with E-state index in [0.29, 0.717) is 18.4 Å². The highest BCUT2D eigenvalue weighted by atomic mass is 35.5. The van der Waals surface area contributed by atoms with Crippen molar-refractivity contribution in [3.63, 3.8) is 0 Å². The number of hydrogen-bond acceptors (Lipinski definition) is 2. The van der Waals surface area contributed by atoms with Crippen LogP contribution in [0.1, 0.15) is 24.8 Å². The molecule has 1 N–H and O–H groups in total. The van der Waals surface area contributed by atoms with E-state index in [4.69, 9.17) is 16.3 Å². The highest BCUT2D eigenvalue weighted by Crippen LogP contribution is 2.48. The Bertz CT molecular complexity index is 469. The van der Waals surface area contributed by atoms with Gasteiger partial charge in [-0.15, -0.1) is 0 Å². The summed E-state index contributed by atoms with van der Waals surface area (Å²) in [6, 6.07) is 2.50. The molecule has 17 heavy (non-hydrogen) atoms. The summed E-state index contributed by atoms with van der Waals surface area (Å²) >= 11 is 5.71. The van der Waals surface area contributed by atoms with Crippen molar-refractivity contribution in [1.82, 2.24) is 0 Å². The maximum atomic E-state index is 13.3. The van der Waals surface area contributed by atoms with Gasteiger partial charge in [0.05, 0.1) is 17.5 Å². The fraction of sp³-hybridized carbons (Fsp3) is 0.417. The van der Waals surface area contributed by atoms with Crippen LogP contribution in [0.5, 0.6) is 5.75 Å². The number of rotatable bonds is 3. The van der Waals surface area contributed by atoms with E-state index in [1.54, 1.807) is 0 Å². The van der Waals surface area contributed by atoms with Crippen molar-refractivity contribution in [3.8, 4) is 5.75 Å². The average molecular weight is 259 g/mol. The second kappa shape index (κ2) is 4.18. The normalized spacial score (nSPS) is 17.4. The van der Waals surface area contributed by atoms with Crippen molar-refractivity contribution in [2.45, 2.75) is 24.7 Å². The first kappa shape index (κ1) is 12.2. The molecule has 92 valence electrons. The molecule has 5 heteroatoms. The third kappa shape index (κ3) is 1.76. The molecule has 1 aromatic carbocycles. The molecule has 1 aliphatic rings. The summed E-state index contributed by atoms with van der Waals surface area (Å²) in [4.78, 5) is 11.4. The second-order valence-corrected chi connectivity index (χ2v) is 4.61. The topological polar surface area (TPSA) is 46.5 Å². The van der Waals surface area contributed by atoms with Crippen molar-refractivity contribution in [1.29, 1.82) is 0 Å². The van der Waals surface area contributed by atoms with Gasteiger partial charge in [-0.1, -0.05) is 18.0 Å². The van der Waals surface area contributed by atoms with Crippen molar-refractivity contribution < 1.29 is 19.0 Å². The third-order valence-corrected chi connectivity index (χ3v) is 3.66. The predicted octanol–water partition coefficient (Wildman–Crippen LogP) is 2.99. The minimum Gasteiger partial charge on any atom is -0.496 e. The summed E-state index contributed by atoms with van der Waals surface area (Å²) < 4.78 is 18.3. The van der Waals surface area contributed by atoms with Crippen LogP contribution in [0.15, 0.2) is 12.1 Å². The van der Waals surface area contributed by atoms with E-state index >= 15 is 0 Å². The highest BCUT2D eigenvalue weighted by molar-refractivity contribution is 6.30. The van der Waals surface area contributed by atoms with Gasteiger partial charge in [0.2, 0.25) is 0 Å². The molecule has 0 radical (unpaired) electrons. The molecule has 0 amide bonds. The number of benzene rings is 1. The molecule has 0 aromatic heterocycles. The summed E-state index contributed by atoms with van der Waals surface area (Å²) in [5.41, 5.74) is -0.506.